The largest absolute Gasteiger partial charge is 0.350 e. The van der Waals surface area contributed by atoms with Crippen LogP contribution in [0.5, 0.6) is 0 Å². The zero-order chi connectivity index (χ0) is 5.28. The maximum Gasteiger partial charge on any atom is 0.226 e. The number of nitrogens with zero attached hydrogens (tertiary/aromatic N) is 1. The Balaban J connectivity index is 3.12. The topological polar surface area (TPSA) is 26.0 Å². The first kappa shape index (κ1) is 4.94. The number of aromatic nitrogens is 1. The maximum absolute atomic E-state index is 5.28. The summed E-state index contributed by atoms with van der Waals surface area (Å²) in [5, 5.41) is 3.60. The van der Waals surface area contributed by atoms with Crippen LogP contribution in [-0.2, 0) is 0 Å². The first-order valence-corrected chi connectivity index (χ1v) is 2.24. The van der Waals surface area contributed by atoms with E-state index in [0.717, 1.165) is 0 Å². The smallest absolute Gasteiger partial charge is 0.226 e. The van der Waals surface area contributed by atoms with Gasteiger partial charge in [0.25, 0.3) is 0 Å². The second-order valence-corrected chi connectivity index (χ2v) is 1.63. The lowest BCUT2D eigenvalue weighted by Crippen LogP contribution is -1.54. The SMILES string of the molecule is Clc1[c]onc1Cl. The molecule has 0 aliphatic carbocycles. The molecule has 0 aliphatic rings. The van der Waals surface area contributed by atoms with Gasteiger partial charge in [0.2, 0.25) is 6.26 Å². The Morgan fingerprint density at radius 1 is 1.57 bits per heavy atom. The molecule has 0 aromatic carbocycles. The van der Waals surface area contributed by atoms with Crippen LogP contribution in [-0.4, -0.2) is 5.16 Å². The molecule has 0 unspecified atom stereocenters. The Morgan fingerprint density at radius 3 is 2.43 bits per heavy atom. The van der Waals surface area contributed by atoms with E-state index in [4.69, 9.17) is 23.2 Å². The molecule has 0 saturated heterocycles. The van der Waals surface area contributed by atoms with E-state index >= 15 is 0 Å². The molecule has 7 heavy (non-hydrogen) atoms. The summed E-state index contributed by atoms with van der Waals surface area (Å²) >= 11 is 10.5. The fourth-order valence-corrected chi connectivity index (χ4v) is 0.327. The highest BCUT2D eigenvalue weighted by Crippen LogP contribution is 2.16. The third-order valence-electron chi connectivity index (χ3n) is 0.442. The van der Waals surface area contributed by atoms with Crippen LogP contribution in [0, 0.1) is 6.26 Å². The molecule has 0 amide bonds. The van der Waals surface area contributed by atoms with Crippen LogP contribution in [0.4, 0.5) is 0 Å². The van der Waals surface area contributed by atoms with Gasteiger partial charge in [-0.15, -0.1) is 0 Å². The van der Waals surface area contributed by atoms with E-state index in [-0.39, 0.29) is 10.2 Å². The van der Waals surface area contributed by atoms with Crippen molar-refractivity contribution in [3.63, 3.8) is 0 Å². The van der Waals surface area contributed by atoms with Gasteiger partial charge in [-0.2, -0.15) is 0 Å². The Kier molecular flexibility index (Phi) is 1.21. The van der Waals surface area contributed by atoms with Gasteiger partial charge < -0.3 is 4.52 Å². The van der Waals surface area contributed by atoms with Gasteiger partial charge in [-0.3, -0.25) is 0 Å². The van der Waals surface area contributed by atoms with Crippen molar-refractivity contribution in [3.05, 3.63) is 16.4 Å². The van der Waals surface area contributed by atoms with Crippen molar-refractivity contribution in [2.24, 2.45) is 0 Å². The minimum atomic E-state index is 0.154. The normalized spacial score (nSPS) is 9.43. The van der Waals surface area contributed by atoms with Gasteiger partial charge in [-0.05, 0) is 0 Å². The van der Waals surface area contributed by atoms with E-state index in [9.17, 15) is 0 Å². The molecule has 1 aromatic rings. The molecule has 0 aliphatic heterocycles. The highest BCUT2D eigenvalue weighted by atomic mass is 35.5. The predicted octanol–water partition coefficient (Wildman–Crippen LogP) is 1.78. The first-order chi connectivity index (χ1) is 3.30. The highest BCUT2D eigenvalue weighted by Gasteiger charge is 1.98. The van der Waals surface area contributed by atoms with Crippen molar-refractivity contribution in [2.75, 3.05) is 0 Å². The molecule has 1 aromatic heterocycles. The Labute approximate surface area is 50.0 Å². The van der Waals surface area contributed by atoms with Crippen molar-refractivity contribution >= 4 is 23.2 Å². The lowest BCUT2D eigenvalue weighted by Gasteiger charge is -1.67. The van der Waals surface area contributed by atoms with Gasteiger partial charge in [-0.1, -0.05) is 28.4 Å². The van der Waals surface area contributed by atoms with E-state index in [1.54, 1.807) is 0 Å². The number of halogens is 2. The molecule has 0 bridgehead atoms. The first-order valence-electron chi connectivity index (χ1n) is 1.49. The van der Waals surface area contributed by atoms with Crippen LogP contribution in [0.2, 0.25) is 10.2 Å². The minimum Gasteiger partial charge on any atom is -0.350 e. The number of rotatable bonds is 0. The summed E-state index contributed by atoms with van der Waals surface area (Å²) in [6.07, 6.45) is 2.22. The van der Waals surface area contributed by atoms with Gasteiger partial charge in [0.15, 0.2) is 5.15 Å². The zero-order valence-electron chi connectivity index (χ0n) is 3.11. The van der Waals surface area contributed by atoms with Crippen LogP contribution in [0.3, 0.4) is 0 Å². The maximum atomic E-state index is 5.28. The predicted molar refractivity (Wildman–Crippen MR) is 25.4 cm³/mol. The Morgan fingerprint density at radius 2 is 2.29 bits per heavy atom. The molecule has 4 heteroatoms. The van der Waals surface area contributed by atoms with Crippen LogP contribution >= 0.6 is 23.2 Å². The third-order valence-corrected chi connectivity index (χ3v) is 1.05. The van der Waals surface area contributed by atoms with Crippen molar-refractivity contribution < 1.29 is 4.52 Å². The summed E-state index contributed by atoms with van der Waals surface area (Å²) in [5.41, 5.74) is 0. The zero-order valence-corrected chi connectivity index (χ0v) is 4.62. The van der Waals surface area contributed by atoms with Gasteiger partial charge in [0.05, 0.1) is 0 Å². The Bertz CT molecular complexity index is 145. The van der Waals surface area contributed by atoms with Crippen LogP contribution in [0.1, 0.15) is 0 Å². The monoisotopic (exact) mass is 136 g/mol. The molecule has 0 N–H and O–H groups in total. The lowest BCUT2D eigenvalue weighted by atomic mass is 10.8. The summed E-state index contributed by atoms with van der Waals surface area (Å²) in [7, 11) is 0. The second-order valence-electron chi connectivity index (χ2n) is 0.889. The van der Waals surface area contributed by atoms with Crippen molar-refractivity contribution in [1.82, 2.24) is 5.16 Å². The molecule has 0 atom stereocenters. The summed E-state index contributed by atoms with van der Waals surface area (Å²) in [6.45, 7) is 0. The standard InChI is InChI=1S/C3Cl2NO/c4-2-1-7-6-3(2)5. The molecule has 0 fully saturated rings. The summed E-state index contributed by atoms with van der Waals surface area (Å²) in [5.74, 6) is 0. The van der Waals surface area contributed by atoms with Crippen molar-refractivity contribution in [2.45, 2.75) is 0 Å². The van der Waals surface area contributed by atoms with Crippen molar-refractivity contribution in [3.8, 4) is 0 Å². The molecule has 2 nitrogen and oxygen atoms in total. The summed E-state index contributed by atoms with van der Waals surface area (Å²) in [6, 6.07) is 0. The number of hydrogen-bond acceptors (Lipinski definition) is 2. The average molecular weight is 137 g/mol. The third kappa shape index (κ3) is 0.868. The molecule has 1 radical (unpaired) electrons. The van der Waals surface area contributed by atoms with Crippen LogP contribution < -0.4 is 0 Å². The molecule has 37 valence electrons. The van der Waals surface area contributed by atoms with Gasteiger partial charge in [0.1, 0.15) is 5.02 Å². The van der Waals surface area contributed by atoms with Crippen molar-refractivity contribution in [1.29, 1.82) is 0 Å². The summed E-state index contributed by atoms with van der Waals surface area (Å²) < 4.78 is 4.21. The molecule has 0 spiro atoms. The van der Waals surface area contributed by atoms with Gasteiger partial charge >= 0.3 is 0 Å². The number of hydrogen-bond donors (Lipinski definition) is 0. The fraction of sp³-hybridized carbons (Fsp3) is 0. The second kappa shape index (κ2) is 1.72. The quantitative estimate of drug-likeness (QED) is 0.544. The fourth-order valence-electron chi connectivity index (χ4n) is 0.185. The molecule has 1 heterocycles. The van der Waals surface area contributed by atoms with E-state index in [1.807, 2.05) is 0 Å². The van der Waals surface area contributed by atoms with Gasteiger partial charge in [-0.25, -0.2) is 0 Å². The molecular formula is C3Cl2NO. The van der Waals surface area contributed by atoms with E-state index in [2.05, 4.69) is 15.9 Å². The molecule has 1 rings (SSSR count). The minimum absolute atomic E-state index is 0.154. The van der Waals surface area contributed by atoms with Gasteiger partial charge in [0, 0.05) is 0 Å². The van der Waals surface area contributed by atoms with E-state index < -0.39 is 0 Å². The lowest BCUT2D eigenvalue weighted by molar-refractivity contribution is 0.413. The average Bonchev–Trinajstić information content (AvgIpc) is 1.91. The van der Waals surface area contributed by atoms with Crippen LogP contribution in [0.25, 0.3) is 0 Å². The Hall–Kier alpha value is -0.210. The highest BCUT2D eigenvalue weighted by molar-refractivity contribution is 6.40. The molecular weight excluding hydrogens is 137 g/mol. The van der Waals surface area contributed by atoms with E-state index in [0.29, 0.717) is 0 Å². The summed E-state index contributed by atoms with van der Waals surface area (Å²) in [4.78, 5) is 0. The van der Waals surface area contributed by atoms with E-state index in [1.165, 1.54) is 0 Å². The molecule has 0 saturated carbocycles. The van der Waals surface area contributed by atoms with Crippen LogP contribution in [0.15, 0.2) is 4.52 Å².